The predicted molar refractivity (Wildman–Crippen MR) is 102 cm³/mol. The lowest BCUT2D eigenvalue weighted by Gasteiger charge is -2.30. The number of nitro benzene ring substituents is 1. The second-order valence-corrected chi connectivity index (χ2v) is 6.79. The van der Waals surface area contributed by atoms with Gasteiger partial charge in [0.15, 0.2) is 6.61 Å². The number of nitrogens with one attached hydrogen (secondary N) is 1. The minimum absolute atomic E-state index is 0.0217. The van der Waals surface area contributed by atoms with Gasteiger partial charge in [-0.2, -0.15) is 0 Å². The van der Waals surface area contributed by atoms with Crippen LogP contribution >= 0.6 is 0 Å². The van der Waals surface area contributed by atoms with Gasteiger partial charge in [-0.05, 0) is 25.8 Å². The van der Waals surface area contributed by atoms with Crippen LogP contribution in [0.1, 0.15) is 30.1 Å². The number of rotatable bonds is 7. The number of amides is 2. The number of benzene rings is 1. The van der Waals surface area contributed by atoms with Gasteiger partial charge in [0.1, 0.15) is 6.04 Å². The maximum atomic E-state index is 12.2. The smallest absolute Gasteiger partial charge is 0.328 e. The van der Waals surface area contributed by atoms with Crippen molar-refractivity contribution in [1.29, 1.82) is 0 Å². The van der Waals surface area contributed by atoms with Gasteiger partial charge >= 0.3 is 11.9 Å². The van der Waals surface area contributed by atoms with Crippen molar-refractivity contribution >= 4 is 29.4 Å². The molecule has 2 amide bonds. The second kappa shape index (κ2) is 10.3. The van der Waals surface area contributed by atoms with Gasteiger partial charge in [0, 0.05) is 30.8 Å². The van der Waals surface area contributed by atoms with Crippen LogP contribution in [0.25, 0.3) is 0 Å². The monoisotopic (exact) mass is 421 g/mol. The molecule has 11 heteroatoms. The molecule has 1 aromatic rings. The Balaban J connectivity index is 1.80. The van der Waals surface area contributed by atoms with Gasteiger partial charge in [-0.25, -0.2) is 4.79 Å². The molecule has 1 aliphatic heterocycles. The summed E-state index contributed by atoms with van der Waals surface area (Å²) < 4.78 is 9.66. The van der Waals surface area contributed by atoms with E-state index in [-0.39, 0.29) is 23.1 Å². The van der Waals surface area contributed by atoms with E-state index in [9.17, 15) is 29.3 Å². The van der Waals surface area contributed by atoms with Crippen molar-refractivity contribution in [2.45, 2.75) is 25.8 Å². The summed E-state index contributed by atoms with van der Waals surface area (Å²) in [7, 11) is 1.32. The summed E-state index contributed by atoms with van der Waals surface area (Å²) in [5.74, 6) is -2.44. The van der Waals surface area contributed by atoms with E-state index >= 15 is 0 Å². The van der Waals surface area contributed by atoms with Gasteiger partial charge in [0.2, 0.25) is 0 Å². The molecular weight excluding hydrogens is 398 g/mol. The molecule has 0 aromatic heterocycles. The molecule has 1 atom stereocenters. The number of methoxy groups -OCH3 is 1. The minimum atomic E-state index is -1.06. The zero-order valence-electron chi connectivity index (χ0n) is 16.7. The van der Waals surface area contributed by atoms with E-state index < -0.39 is 35.4 Å². The van der Waals surface area contributed by atoms with Crippen LogP contribution in [0.4, 0.5) is 5.69 Å². The highest BCUT2D eigenvalue weighted by atomic mass is 16.6. The van der Waals surface area contributed by atoms with Gasteiger partial charge in [-0.3, -0.25) is 24.5 Å². The van der Waals surface area contributed by atoms with Crippen LogP contribution in [0.5, 0.6) is 0 Å². The molecule has 0 spiro atoms. The molecule has 1 aromatic carbocycles. The average molecular weight is 421 g/mol. The Morgan fingerprint density at radius 3 is 2.53 bits per heavy atom. The normalized spacial score (nSPS) is 15.1. The van der Waals surface area contributed by atoms with Crippen molar-refractivity contribution in [2.75, 3.05) is 26.8 Å². The number of nitro groups is 1. The average Bonchev–Trinajstić information content (AvgIpc) is 2.76. The molecule has 2 rings (SSSR count). The number of carbonyl (C=O) groups excluding carboxylic acids is 4. The number of carbonyl (C=O) groups is 4. The Morgan fingerprint density at radius 1 is 1.27 bits per heavy atom. The maximum Gasteiger partial charge on any atom is 0.328 e. The van der Waals surface area contributed by atoms with Crippen LogP contribution < -0.4 is 5.32 Å². The molecule has 162 valence electrons. The first-order valence-electron chi connectivity index (χ1n) is 9.30. The highest BCUT2D eigenvalue weighted by Crippen LogP contribution is 2.18. The summed E-state index contributed by atoms with van der Waals surface area (Å²) >= 11 is 0. The summed E-state index contributed by atoms with van der Waals surface area (Å²) in [4.78, 5) is 59.6. The number of non-ortho nitro benzene ring substituents is 1. The third-order valence-corrected chi connectivity index (χ3v) is 4.74. The molecule has 0 aliphatic carbocycles. The first kappa shape index (κ1) is 22.8. The van der Waals surface area contributed by atoms with Gasteiger partial charge in [0.05, 0.1) is 18.0 Å². The fraction of sp³-hybridized carbons (Fsp3) is 0.474. The SMILES string of the molecule is COC(=O)C1CCN(C(=O)COC(=O)C(C)NC(=O)c2cccc([N+](=O)[O-])c2)CC1. The van der Waals surface area contributed by atoms with Gasteiger partial charge in [-0.15, -0.1) is 0 Å². The number of likely N-dealkylation sites (tertiary alicyclic amines) is 1. The van der Waals surface area contributed by atoms with Crippen LogP contribution in [0.2, 0.25) is 0 Å². The lowest BCUT2D eigenvalue weighted by Crippen LogP contribution is -2.44. The highest BCUT2D eigenvalue weighted by molar-refractivity contribution is 5.97. The minimum Gasteiger partial charge on any atom is -0.469 e. The molecule has 1 N–H and O–H groups in total. The second-order valence-electron chi connectivity index (χ2n) is 6.79. The standard InChI is InChI=1S/C19H23N3O8/c1-12(20-17(24)14-4-3-5-15(10-14)22(27)28)18(25)30-11-16(23)21-8-6-13(7-9-21)19(26)29-2/h3-5,10,12-13H,6-9,11H2,1-2H3,(H,20,24). The Kier molecular flexibility index (Phi) is 7.84. The number of ether oxygens (including phenoxy) is 2. The molecule has 1 saturated heterocycles. The molecule has 30 heavy (non-hydrogen) atoms. The van der Waals surface area contributed by atoms with E-state index in [0.29, 0.717) is 25.9 Å². The van der Waals surface area contributed by atoms with Crippen molar-refractivity contribution < 1.29 is 33.6 Å². The van der Waals surface area contributed by atoms with Crippen molar-refractivity contribution in [3.05, 3.63) is 39.9 Å². The molecule has 0 radical (unpaired) electrons. The third-order valence-electron chi connectivity index (χ3n) is 4.74. The molecule has 1 fully saturated rings. The number of hydrogen-bond acceptors (Lipinski definition) is 8. The zero-order valence-corrected chi connectivity index (χ0v) is 16.7. The van der Waals surface area contributed by atoms with Crippen LogP contribution in [-0.2, 0) is 23.9 Å². The molecule has 11 nitrogen and oxygen atoms in total. The van der Waals surface area contributed by atoms with Gasteiger partial charge in [0.25, 0.3) is 17.5 Å². The number of esters is 2. The molecule has 1 unspecified atom stereocenters. The molecule has 0 saturated carbocycles. The summed E-state index contributed by atoms with van der Waals surface area (Å²) in [5.41, 5.74) is -0.229. The number of hydrogen-bond donors (Lipinski definition) is 1. The van der Waals surface area contributed by atoms with Crippen LogP contribution in [0.3, 0.4) is 0 Å². The zero-order chi connectivity index (χ0) is 22.3. The quantitative estimate of drug-likeness (QED) is 0.384. The van der Waals surface area contributed by atoms with Crippen molar-refractivity contribution in [3.8, 4) is 0 Å². The van der Waals surface area contributed by atoms with Gasteiger partial charge in [-0.1, -0.05) is 6.07 Å². The Hall–Kier alpha value is -3.50. The van der Waals surface area contributed by atoms with E-state index in [0.717, 1.165) is 6.07 Å². The first-order valence-corrected chi connectivity index (χ1v) is 9.30. The van der Waals surface area contributed by atoms with Gasteiger partial charge < -0.3 is 19.7 Å². The van der Waals surface area contributed by atoms with E-state index in [1.165, 1.54) is 37.1 Å². The lowest BCUT2D eigenvalue weighted by atomic mass is 9.97. The summed E-state index contributed by atoms with van der Waals surface area (Å²) in [6, 6.07) is 4.01. The van der Waals surface area contributed by atoms with Crippen LogP contribution in [0, 0.1) is 16.0 Å². The summed E-state index contributed by atoms with van der Waals surface area (Å²) in [5, 5.41) is 13.2. The fourth-order valence-corrected chi connectivity index (χ4v) is 2.98. The fourth-order valence-electron chi connectivity index (χ4n) is 2.98. The summed E-state index contributed by atoms with van der Waals surface area (Å²) in [6.45, 7) is 1.60. The topological polar surface area (TPSA) is 145 Å². The van der Waals surface area contributed by atoms with Crippen molar-refractivity contribution in [2.24, 2.45) is 5.92 Å². The number of piperidine rings is 1. The predicted octanol–water partition coefficient (Wildman–Crippen LogP) is 0.668. The van der Waals surface area contributed by atoms with E-state index in [4.69, 9.17) is 9.47 Å². The molecular formula is C19H23N3O8. The van der Waals surface area contributed by atoms with Crippen molar-refractivity contribution in [1.82, 2.24) is 10.2 Å². The van der Waals surface area contributed by atoms with E-state index in [1.54, 1.807) is 0 Å². The molecule has 1 aliphatic rings. The Morgan fingerprint density at radius 2 is 1.93 bits per heavy atom. The highest BCUT2D eigenvalue weighted by Gasteiger charge is 2.28. The van der Waals surface area contributed by atoms with Crippen molar-refractivity contribution in [3.63, 3.8) is 0 Å². The van der Waals surface area contributed by atoms with E-state index in [2.05, 4.69) is 5.32 Å². The Bertz CT molecular complexity index is 833. The largest absolute Gasteiger partial charge is 0.469 e. The van der Waals surface area contributed by atoms with Crippen LogP contribution in [-0.4, -0.2) is 66.4 Å². The maximum absolute atomic E-state index is 12.2. The number of nitrogens with zero attached hydrogens (tertiary/aromatic N) is 2. The summed E-state index contributed by atoms with van der Waals surface area (Å²) in [6.07, 6.45) is 0.948. The first-order chi connectivity index (χ1) is 14.2. The third kappa shape index (κ3) is 6.00. The lowest BCUT2D eigenvalue weighted by molar-refractivity contribution is -0.384. The van der Waals surface area contributed by atoms with Crippen LogP contribution in [0.15, 0.2) is 24.3 Å². The molecule has 1 heterocycles. The Labute approximate surface area is 172 Å². The van der Waals surface area contributed by atoms with E-state index in [1.807, 2.05) is 0 Å². The molecule has 0 bridgehead atoms.